The minimum absolute atomic E-state index is 0.00436. The van der Waals surface area contributed by atoms with Gasteiger partial charge in [-0.1, -0.05) is 17.7 Å². The zero-order valence-electron chi connectivity index (χ0n) is 9.99. The summed E-state index contributed by atoms with van der Waals surface area (Å²) in [5.74, 6) is 0.183. The minimum Gasteiger partial charge on any atom is -0.489 e. The van der Waals surface area contributed by atoms with E-state index in [1.165, 1.54) is 6.07 Å². The number of amidine groups is 1. The van der Waals surface area contributed by atoms with E-state index >= 15 is 0 Å². The molecule has 2 aromatic rings. The van der Waals surface area contributed by atoms with Crippen LogP contribution in [0.2, 0.25) is 5.02 Å². The van der Waals surface area contributed by atoms with Crippen LogP contribution in [-0.4, -0.2) is 5.84 Å². The molecule has 0 saturated carbocycles. The summed E-state index contributed by atoms with van der Waals surface area (Å²) in [6, 6.07) is 11.2. The van der Waals surface area contributed by atoms with Gasteiger partial charge >= 0.3 is 0 Å². The first-order valence-corrected chi connectivity index (χ1v) is 5.95. The van der Waals surface area contributed by atoms with Crippen LogP contribution in [0.4, 0.5) is 4.39 Å². The van der Waals surface area contributed by atoms with Gasteiger partial charge in [0.15, 0.2) is 0 Å². The largest absolute Gasteiger partial charge is 0.489 e. The summed E-state index contributed by atoms with van der Waals surface area (Å²) in [5.41, 5.74) is 6.39. The van der Waals surface area contributed by atoms with Crippen LogP contribution < -0.4 is 10.5 Å². The van der Waals surface area contributed by atoms with Gasteiger partial charge in [-0.25, -0.2) is 4.39 Å². The molecule has 0 bridgehead atoms. The van der Waals surface area contributed by atoms with Gasteiger partial charge in [0.1, 0.15) is 24.0 Å². The Balaban J connectivity index is 2.04. The lowest BCUT2D eigenvalue weighted by atomic mass is 10.2. The highest BCUT2D eigenvalue weighted by Crippen LogP contribution is 2.18. The molecule has 0 aliphatic rings. The van der Waals surface area contributed by atoms with Crippen molar-refractivity contribution in [3.63, 3.8) is 0 Å². The van der Waals surface area contributed by atoms with E-state index < -0.39 is 5.82 Å². The molecule has 19 heavy (non-hydrogen) atoms. The van der Waals surface area contributed by atoms with Gasteiger partial charge in [0.25, 0.3) is 0 Å². The second-order valence-electron chi connectivity index (χ2n) is 3.96. The third-order valence-electron chi connectivity index (χ3n) is 2.57. The highest BCUT2D eigenvalue weighted by atomic mass is 35.5. The molecule has 3 N–H and O–H groups in total. The maximum absolute atomic E-state index is 13.5. The Bertz CT molecular complexity index is 599. The standard InChI is InChI=1S/C14H12ClFN2O/c15-11-4-1-10(13(16)7-11)8-19-12-5-2-9(3-6-12)14(17)18/h1-7H,8H2,(H3,17,18). The van der Waals surface area contributed by atoms with Crippen molar-refractivity contribution in [3.8, 4) is 5.75 Å². The van der Waals surface area contributed by atoms with Gasteiger partial charge in [-0.3, -0.25) is 5.41 Å². The number of hydrogen-bond acceptors (Lipinski definition) is 2. The molecule has 0 aliphatic heterocycles. The van der Waals surface area contributed by atoms with E-state index in [2.05, 4.69) is 0 Å². The summed E-state index contributed by atoms with van der Waals surface area (Å²) in [4.78, 5) is 0. The molecule has 0 saturated heterocycles. The number of nitrogens with two attached hydrogens (primary N) is 1. The van der Waals surface area contributed by atoms with Crippen molar-refractivity contribution in [1.82, 2.24) is 0 Å². The first kappa shape index (κ1) is 13.4. The normalized spacial score (nSPS) is 10.2. The Kier molecular flexibility index (Phi) is 4.02. The molecule has 0 amide bonds. The summed E-state index contributed by atoms with van der Waals surface area (Å²) in [5, 5.41) is 7.62. The van der Waals surface area contributed by atoms with Crippen molar-refractivity contribution in [2.75, 3.05) is 0 Å². The molecule has 0 aliphatic carbocycles. The Labute approximate surface area is 115 Å². The van der Waals surface area contributed by atoms with Gasteiger partial charge in [0.05, 0.1) is 0 Å². The fraction of sp³-hybridized carbons (Fsp3) is 0.0714. The molecule has 2 aromatic carbocycles. The fourth-order valence-electron chi connectivity index (χ4n) is 1.53. The molecule has 0 fully saturated rings. The van der Waals surface area contributed by atoms with Crippen molar-refractivity contribution in [3.05, 3.63) is 64.4 Å². The lowest BCUT2D eigenvalue weighted by Crippen LogP contribution is -2.10. The quantitative estimate of drug-likeness (QED) is 0.666. The lowest BCUT2D eigenvalue weighted by molar-refractivity contribution is 0.300. The molecule has 0 unspecified atom stereocenters. The minimum atomic E-state index is -0.396. The molecule has 0 atom stereocenters. The van der Waals surface area contributed by atoms with E-state index in [0.717, 1.165) is 0 Å². The number of halogens is 2. The number of nitrogen functional groups attached to an aromatic ring is 1. The van der Waals surface area contributed by atoms with Gasteiger partial charge in [-0.15, -0.1) is 0 Å². The average molecular weight is 279 g/mol. The lowest BCUT2D eigenvalue weighted by Gasteiger charge is -2.08. The molecule has 0 spiro atoms. The van der Waals surface area contributed by atoms with Crippen molar-refractivity contribution in [1.29, 1.82) is 5.41 Å². The summed E-state index contributed by atoms with van der Waals surface area (Å²) in [6.45, 7) is 0.114. The smallest absolute Gasteiger partial charge is 0.131 e. The van der Waals surface area contributed by atoms with Crippen molar-refractivity contribution in [2.45, 2.75) is 6.61 Å². The van der Waals surface area contributed by atoms with Crippen LogP contribution in [0.5, 0.6) is 5.75 Å². The van der Waals surface area contributed by atoms with Crippen molar-refractivity contribution < 1.29 is 9.13 Å². The van der Waals surface area contributed by atoms with Crippen molar-refractivity contribution >= 4 is 17.4 Å². The second-order valence-corrected chi connectivity index (χ2v) is 4.40. The molecular formula is C14H12ClFN2O. The van der Waals surface area contributed by atoms with Crippen LogP contribution in [0, 0.1) is 11.2 Å². The van der Waals surface area contributed by atoms with Gasteiger partial charge < -0.3 is 10.5 Å². The Morgan fingerprint density at radius 2 is 1.89 bits per heavy atom. The predicted molar refractivity (Wildman–Crippen MR) is 73.2 cm³/mol. The third kappa shape index (κ3) is 3.45. The van der Waals surface area contributed by atoms with E-state index in [1.54, 1.807) is 36.4 Å². The molecule has 2 rings (SSSR count). The van der Waals surface area contributed by atoms with Gasteiger partial charge in [0, 0.05) is 16.1 Å². The average Bonchev–Trinajstić information content (AvgIpc) is 2.38. The Morgan fingerprint density at radius 1 is 1.21 bits per heavy atom. The molecule has 5 heteroatoms. The monoisotopic (exact) mass is 278 g/mol. The van der Waals surface area contributed by atoms with E-state index in [-0.39, 0.29) is 12.4 Å². The predicted octanol–water partition coefficient (Wildman–Crippen LogP) is 3.34. The van der Waals surface area contributed by atoms with Crippen LogP contribution in [0.25, 0.3) is 0 Å². The Morgan fingerprint density at radius 3 is 2.47 bits per heavy atom. The first-order chi connectivity index (χ1) is 9.06. The molecule has 0 heterocycles. The summed E-state index contributed by atoms with van der Waals surface area (Å²) >= 11 is 5.67. The van der Waals surface area contributed by atoms with Gasteiger partial charge in [-0.05, 0) is 36.4 Å². The molecule has 0 radical (unpaired) electrons. The molecule has 98 valence electrons. The molecule has 0 aromatic heterocycles. The Hall–Kier alpha value is -2.07. The summed E-state index contributed by atoms with van der Waals surface area (Å²) in [6.07, 6.45) is 0. The van der Waals surface area contributed by atoms with E-state index in [9.17, 15) is 4.39 Å². The van der Waals surface area contributed by atoms with Crippen LogP contribution >= 0.6 is 11.6 Å². The third-order valence-corrected chi connectivity index (χ3v) is 2.81. The fourth-order valence-corrected chi connectivity index (χ4v) is 1.69. The molecular weight excluding hydrogens is 267 g/mol. The van der Waals surface area contributed by atoms with E-state index in [0.29, 0.717) is 21.9 Å². The summed E-state index contributed by atoms with van der Waals surface area (Å²) in [7, 11) is 0. The highest BCUT2D eigenvalue weighted by molar-refractivity contribution is 6.30. The number of hydrogen-bond donors (Lipinski definition) is 2. The second kappa shape index (κ2) is 5.71. The van der Waals surface area contributed by atoms with E-state index in [4.69, 9.17) is 27.5 Å². The van der Waals surface area contributed by atoms with E-state index in [1.807, 2.05) is 0 Å². The maximum atomic E-state index is 13.5. The van der Waals surface area contributed by atoms with Gasteiger partial charge in [0.2, 0.25) is 0 Å². The number of benzene rings is 2. The van der Waals surface area contributed by atoms with Gasteiger partial charge in [-0.2, -0.15) is 0 Å². The maximum Gasteiger partial charge on any atom is 0.131 e. The number of ether oxygens (including phenoxy) is 1. The summed E-state index contributed by atoms with van der Waals surface area (Å²) < 4.78 is 19.0. The van der Waals surface area contributed by atoms with Crippen molar-refractivity contribution in [2.24, 2.45) is 5.73 Å². The van der Waals surface area contributed by atoms with Crippen LogP contribution in [0.3, 0.4) is 0 Å². The zero-order chi connectivity index (χ0) is 13.8. The number of rotatable bonds is 4. The number of nitrogens with one attached hydrogen (secondary N) is 1. The topological polar surface area (TPSA) is 59.1 Å². The van der Waals surface area contributed by atoms with Crippen LogP contribution in [-0.2, 0) is 6.61 Å². The SMILES string of the molecule is N=C(N)c1ccc(OCc2ccc(Cl)cc2F)cc1. The first-order valence-electron chi connectivity index (χ1n) is 5.57. The van der Waals surface area contributed by atoms with Crippen LogP contribution in [0.15, 0.2) is 42.5 Å². The highest BCUT2D eigenvalue weighted by Gasteiger charge is 2.04. The zero-order valence-corrected chi connectivity index (χ0v) is 10.7. The molecule has 3 nitrogen and oxygen atoms in total. The van der Waals surface area contributed by atoms with Crippen LogP contribution in [0.1, 0.15) is 11.1 Å².